The highest BCUT2D eigenvalue weighted by atomic mass is 35.5. The molecule has 1 fully saturated rings. The second-order valence-electron chi connectivity index (χ2n) is 9.66. The number of halogens is 1. The van der Waals surface area contributed by atoms with Gasteiger partial charge in [-0.05, 0) is 55.2 Å². The van der Waals surface area contributed by atoms with Crippen LogP contribution in [-0.4, -0.2) is 27.4 Å². The van der Waals surface area contributed by atoms with Crippen LogP contribution >= 0.6 is 11.6 Å². The summed E-state index contributed by atoms with van der Waals surface area (Å²) in [5, 5.41) is 16.5. The van der Waals surface area contributed by atoms with Gasteiger partial charge in [0.1, 0.15) is 12.4 Å². The maximum absolute atomic E-state index is 13.5. The van der Waals surface area contributed by atoms with Gasteiger partial charge in [-0.25, -0.2) is 4.98 Å². The van der Waals surface area contributed by atoms with Gasteiger partial charge in [-0.3, -0.25) is 14.9 Å². The average Bonchev–Trinajstić information content (AvgIpc) is 2.97. The number of ether oxygens (including phenoxy) is 2. The Morgan fingerprint density at radius 1 is 1.10 bits per heavy atom. The van der Waals surface area contributed by atoms with Crippen LogP contribution in [0.25, 0.3) is 10.9 Å². The van der Waals surface area contributed by atoms with Crippen LogP contribution < -0.4 is 15.0 Å². The van der Waals surface area contributed by atoms with Crippen LogP contribution in [0.2, 0.25) is 5.02 Å². The Morgan fingerprint density at radius 3 is 2.67 bits per heavy atom. The van der Waals surface area contributed by atoms with Gasteiger partial charge in [0.2, 0.25) is 0 Å². The Balaban J connectivity index is 1.47. The van der Waals surface area contributed by atoms with Crippen molar-refractivity contribution in [1.29, 1.82) is 0 Å². The highest BCUT2D eigenvalue weighted by Gasteiger charge is 2.22. The molecule has 1 aromatic heterocycles. The molecule has 0 unspecified atom stereocenters. The van der Waals surface area contributed by atoms with Gasteiger partial charge in [0.25, 0.3) is 11.2 Å². The first-order valence-corrected chi connectivity index (χ1v) is 13.7. The predicted octanol–water partition coefficient (Wildman–Crippen LogP) is 6.87. The molecule has 40 heavy (non-hydrogen) atoms. The van der Waals surface area contributed by atoms with E-state index in [2.05, 4.69) is 5.10 Å². The third-order valence-electron chi connectivity index (χ3n) is 6.91. The molecule has 0 N–H and O–H groups in total. The first kappa shape index (κ1) is 27.3. The van der Waals surface area contributed by atoms with Crippen LogP contribution in [0.15, 0.2) is 70.6 Å². The number of hydrogen-bond acceptors (Lipinski definition) is 7. The first-order chi connectivity index (χ1) is 19.4. The van der Waals surface area contributed by atoms with E-state index in [9.17, 15) is 14.9 Å². The number of nitro groups is 1. The lowest BCUT2D eigenvalue weighted by atomic mass is 9.88. The molecule has 206 valence electrons. The van der Waals surface area contributed by atoms with Crippen molar-refractivity contribution >= 4 is 34.4 Å². The third-order valence-corrected chi connectivity index (χ3v) is 7.19. The SMILES string of the molecule is CCOc1cc(C=Nn2c(C3CCCCC3)nc3ccccc3c2=O)cc(Cl)c1OCc1cccc([N+](=O)[O-])c1. The van der Waals surface area contributed by atoms with Gasteiger partial charge in [-0.1, -0.05) is 55.1 Å². The van der Waals surface area contributed by atoms with Crippen LogP contribution in [0.4, 0.5) is 5.69 Å². The molecule has 1 heterocycles. The molecule has 0 atom stereocenters. The van der Waals surface area contributed by atoms with Gasteiger partial charge in [0.15, 0.2) is 11.5 Å². The van der Waals surface area contributed by atoms with Crippen LogP contribution in [0.3, 0.4) is 0 Å². The molecule has 0 bridgehead atoms. The smallest absolute Gasteiger partial charge is 0.282 e. The summed E-state index contributed by atoms with van der Waals surface area (Å²) in [6.07, 6.45) is 6.90. The monoisotopic (exact) mass is 560 g/mol. The fourth-order valence-corrected chi connectivity index (χ4v) is 5.26. The number of fused-ring (bicyclic) bond motifs is 1. The second kappa shape index (κ2) is 12.3. The quantitative estimate of drug-likeness (QED) is 0.126. The van der Waals surface area contributed by atoms with Crippen molar-refractivity contribution in [2.45, 2.75) is 51.6 Å². The fraction of sp³-hybridized carbons (Fsp3) is 0.300. The molecule has 0 radical (unpaired) electrons. The van der Waals surface area contributed by atoms with Crippen molar-refractivity contribution in [3.63, 3.8) is 0 Å². The Kier molecular flexibility index (Phi) is 8.40. The number of hydrogen-bond donors (Lipinski definition) is 0. The number of nitro benzene ring substituents is 1. The van der Waals surface area contributed by atoms with E-state index < -0.39 is 4.92 Å². The summed E-state index contributed by atoms with van der Waals surface area (Å²) >= 11 is 6.61. The summed E-state index contributed by atoms with van der Waals surface area (Å²) in [7, 11) is 0. The summed E-state index contributed by atoms with van der Waals surface area (Å²) in [5.74, 6) is 1.56. The topological polar surface area (TPSA) is 109 Å². The number of benzene rings is 3. The molecule has 0 aliphatic heterocycles. The zero-order chi connectivity index (χ0) is 28.1. The van der Waals surface area contributed by atoms with E-state index in [-0.39, 0.29) is 28.8 Å². The predicted molar refractivity (Wildman–Crippen MR) is 155 cm³/mol. The zero-order valence-corrected chi connectivity index (χ0v) is 22.8. The van der Waals surface area contributed by atoms with Crippen molar-refractivity contribution in [3.05, 3.63) is 103 Å². The van der Waals surface area contributed by atoms with Crippen LogP contribution in [0.5, 0.6) is 11.5 Å². The molecule has 0 amide bonds. The van der Waals surface area contributed by atoms with E-state index in [0.29, 0.717) is 46.0 Å². The molecule has 10 heteroatoms. The van der Waals surface area contributed by atoms with Crippen molar-refractivity contribution in [2.75, 3.05) is 6.61 Å². The number of nitrogens with zero attached hydrogens (tertiary/aromatic N) is 4. The summed E-state index contributed by atoms with van der Waals surface area (Å²) in [6, 6.07) is 17.0. The molecule has 0 spiro atoms. The summed E-state index contributed by atoms with van der Waals surface area (Å²) < 4.78 is 13.2. The highest BCUT2D eigenvalue weighted by molar-refractivity contribution is 6.32. The average molecular weight is 561 g/mol. The van der Waals surface area contributed by atoms with Crippen LogP contribution in [0, 0.1) is 10.1 Å². The zero-order valence-electron chi connectivity index (χ0n) is 22.1. The third kappa shape index (κ3) is 5.99. The van der Waals surface area contributed by atoms with E-state index in [4.69, 9.17) is 26.1 Å². The van der Waals surface area contributed by atoms with Gasteiger partial charge in [-0.15, -0.1) is 0 Å². The molecule has 1 aliphatic carbocycles. The van der Waals surface area contributed by atoms with Gasteiger partial charge >= 0.3 is 0 Å². The lowest BCUT2D eigenvalue weighted by molar-refractivity contribution is -0.384. The molecular formula is C30H29ClN4O5. The molecule has 1 aliphatic rings. The molecule has 9 nitrogen and oxygen atoms in total. The Bertz CT molecular complexity index is 1630. The minimum absolute atomic E-state index is 0.0187. The number of non-ortho nitro benzene ring substituents is 1. The van der Waals surface area contributed by atoms with Crippen LogP contribution in [-0.2, 0) is 6.61 Å². The van der Waals surface area contributed by atoms with Gasteiger partial charge in [-0.2, -0.15) is 9.78 Å². The minimum atomic E-state index is -0.452. The van der Waals surface area contributed by atoms with Crippen molar-refractivity contribution < 1.29 is 14.4 Å². The number of aromatic nitrogens is 2. The summed E-state index contributed by atoms with van der Waals surface area (Å²) in [6.45, 7) is 2.28. The first-order valence-electron chi connectivity index (χ1n) is 13.3. The van der Waals surface area contributed by atoms with E-state index in [1.165, 1.54) is 23.2 Å². The lowest BCUT2D eigenvalue weighted by Gasteiger charge is -2.22. The van der Waals surface area contributed by atoms with Crippen molar-refractivity contribution in [2.24, 2.45) is 5.10 Å². The van der Waals surface area contributed by atoms with E-state index in [1.54, 1.807) is 36.5 Å². The molecule has 5 rings (SSSR count). The van der Waals surface area contributed by atoms with Crippen molar-refractivity contribution in [1.82, 2.24) is 9.66 Å². The molecular weight excluding hydrogens is 532 g/mol. The molecule has 4 aromatic rings. The molecule has 3 aromatic carbocycles. The lowest BCUT2D eigenvalue weighted by Crippen LogP contribution is -2.25. The van der Waals surface area contributed by atoms with E-state index in [1.807, 2.05) is 25.1 Å². The largest absolute Gasteiger partial charge is 0.490 e. The van der Waals surface area contributed by atoms with Crippen molar-refractivity contribution in [3.8, 4) is 11.5 Å². The Morgan fingerprint density at radius 2 is 1.90 bits per heavy atom. The van der Waals surface area contributed by atoms with Gasteiger partial charge in [0, 0.05) is 18.1 Å². The second-order valence-corrected chi connectivity index (χ2v) is 10.1. The number of para-hydroxylation sites is 1. The normalized spacial score (nSPS) is 14.1. The Labute approximate surface area is 236 Å². The van der Waals surface area contributed by atoms with E-state index >= 15 is 0 Å². The standard InChI is InChI=1S/C30H29ClN4O5/c1-2-39-27-17-21(16-25(31)28(27)40-19-20-9-8-12-23(15-20)35(37)38)18-32-34-29(22-10-4-3-5-11-22)33-26-14-7-6-13-24(26)30(34)36/h6-9,12-18,22H,2-5,10-11,19H2,1H3. The molecule has 0 saturated heterocycles. The Hall–Kier alpha value is -4.24. The highest BCUT2D eigenvalue weighted by Crippen LogP contribution is 2.37. The summed E-state index contributed by atoms with van der Waals surface area (Å²) in [5.41, 5.74) is 1.68. The maximum atomic E-state index is 13.5. The van der Waals surface area contributed by atoms with Gasteiger partial charge in [0.05, 0.1) is 33.7 Å². The van der Waals surface area contributed by atoms with Gasteiger partial charge < -0.3 is 9.47 Å². The summed E-state index contributed by atoms with van der Waals surface area (Å²) in [4.78, 5) is 29.0. The maximum Gasteiger partial charge on any atom is 0.282 e. The number of rotatable bonds is 9. The molecule has 1 saturated carbocycles. The van der Waals surface area contributed by atoms with E-state index in [0.717, 1.165) is 25.7 Å². The fourth-order valence-electron chi connectivity index (χ4n) is 4.98. The van der Waals surface area contributed by atoms with Crippen LogP contribution in [0.1, 0.15) is 61.9 Å². The minimum Gasteiger partial charge on any atom is -0.490 e.